The molecule has 0 unspecified atom stereocenters. The molecule has 174 valence electrons. The number of ether oxygens (including phenoxy) is 2. The topological polar surface area (TPSA) is 117 Å². The normalized spacial score (nSPS) is 13.2. The highest BCUT2D eigenvalue weighted by Crippen LogP contribution is 2.25. The fourth-order valence-electron chi connectivity index (χ4n) is 3.59. The zero-order valence-corrected chi connectivity index (χ0v) is 18.6. The Morgan fingerprint density at radius 1 is 1.09 bits per heavy atom. The molecule has 9 heteroatoms. The molecule has 0 aromatic heterocycles. The molecule has 2 amide bonds. The van der Waals surface area contributed by atoms with Crippen molar-refractivity contribution in [2.24, 2.45) is 0 Å². The van der Waals surface area contributed by atoms with E-state index in [9.17, 15) is 19.5 Å². The second kappa shape index (κ2) is 11.1. The van der Waals surface area contributed by atoms with Crippen LogP contribution in [0.15, 0.2) is 59.8 Å². The summed E-state index contributed by atoms with van der Waals surface area (Å²) in [6.07, 6.45) is 0.581. The van der Waals surface area contributed by atoms with Crippen molar-refractivity contribution in [3.8, 4) is 5.75 Å². The molecule has 2 aromatic rings. The van der Waals surface area contributed by atoms with E-state index >= 15 is 0 Å². The van der Waals surface area contributed by atoms with Crippen molar-refractivity contribution in [2.75, 3.05) is 45.8 Å². The molecule has 0 aliphatic carbocycles. The molecular weight excluding hydrogens is 426 g/mol. The summed E-state index contributed by atoms with van der Waals surface area (Å²) >= 11 is 0. The van der Waals surface area contributed by atoms with E-state index in [1.165, 1.54) is 12.0 Å². The van der Waals surface area contributed by atoms with Crippen LogP contribution in [0.5, 0.6) is 5.75 Å². The van der Waals surface area contributed by atoms with Crippen molar-refractivity contribution in [2.45, 2.75) is 6.42 Å². The number of β-amino-alcohol motifs (C(OH)–C–C–N with tert-alkyl or cyclic N) is 1. The van der Waals surface area contributed by atoms with Gasteiger partial charge in [-0.1, -0.05) is 30.3 Å². The van der Waals surface area contributed by atoms with Crippen LogP contribution in [0.3, 0.4) is 0 Å². The van der Waals surface area contributed by atoms with Gasteiger partial charge in [0, 0.05) is 13.1 Å². The molecular formula is C24H27N3O6. The van der Waals surface area contributed by atoms with Crippen LogP contribution in [-0.2, 0) is 20.7 Å². The van der Waals surface area contributed by atoms with Gasteiger partial charge in [0.2, 0.25) is 0 Å². The maximum Gasteiger partial charge on any atom is 0.337 e. The maximum absolute atomic E-state index is 12.9. The van der Waals surface area contributed by atoms with Gasteiger partial charge in [0.1, 0.15) is 11.4 Å². The number of amides is 2. The molecule has 1 heterocycles. The molecule has 0 radical (unpaired) electrons. The Balaban J connectivity index is 1.76. The standard InChI is InChI=1S/C24H27N3O6/c1-32-20-10-6-3-7-16(20)11-12-25-22(29)17-8-4-5-9-19(17)26-21-18(24(31)33-2)15-27(13-14-28)23(21)30/h3-10,26,28H,11-15H2,1-2H3,(H,25,29). The summed E-state index contributed by atoms with van der Waals surface area (Å²) in [7, 11) is 2.83. The summed E-state index contributed by atoms with van der Waals surface area (Å²) in [6, 6.07) is 14.3. The van der Waals surface area contributed by atoms with E-state index in [1.54, 1.807) is 31.4 Å². The number of nitrogens with zero attached hydrogens (tertiary/aromatic N) is 1. The molecule has 0 fully saturated rings. The van der Waals surface area contributed by atoms with Gasteiger partial charge in [0.05, 0.1) is 44.2 Å². The number of carbonyl (C=O) groups excluding carboxylic acids is 3. The monoisotopic (exact) mass is 453 g/mol. The largest absolute Gasteiger partial charge is 0.496 e. The summed E-state index contributed by atoms with van der Waals surface area (Å²) < 4.78 is 10.1. The maximum atomic E-state index is 12.9. The number of para-hydroxylation sites is 2. The van der Waals surface area contributed by atoms with Gasteiger partial charge in [-0.25, -0.2) is 4.79 Å². The van der Waals surface area contributed by atoms with Crippen LogP contribution in [0.4, 0.5) is 5.69 Å². The highest BCUT2D eigenvalue weighted by molar-refractivity contribution is 6.09. The molecule has 1 aliphatic heterocycles. The van der Waals surface area contributed by atoms with E-state index in [-0.39, 0.29) is 36.9 Å². The number of rotatable bonds is 10. The Kier molecular flexibility index (Phi) is 8.04. The van der Waals surface area contributed by atoms with Gasteiger partial charge in [-0.3, -0.25) is 9.59 Å². The number of esters is 1. The Labute approximate surface area is 192 Å². The smallest absolute Gasteiger partial charge is 0.337 e. The number of anilines is 1. The molecule has 0 saturated carbocycles. The van der Waals surface area contributed by atoms with E-state index in [2.05, 4.69) is 10.6 Å². The van der Waals surface area contributed by atoms with E-state index < -0.39 is 11.9 Å². The Hall–Kier alpha value is -3.85. The van der Waals surface area contributed by atoms with Crippen LogP contribution >= 0.6 is 0 Å². The number of methoxy groups -OCH3 is 2. The highest BCUT2D eigenvalue weighted by Gasteiger charge is 2.34. The van der Waals surface area contributed by atoms with Crippen molar-refractivity contribution < 1.29 is 29.0 Å². The first-order valence-electron chi connectivity index (χ1n) is 10.5. The number of aliphatic hydroxyl groups is 1. The molecule has 3 rings (SSSR count). The zero-order valence-electron chi connectivity index (χ0n) is 18.6. The first kappa shape index (κ1) is 23.8. The fraction of sp³-hybridized carbons (Fsp3) is 0.292. The summed E-state index contributed by atoms with van der Waals surface area (Å²) in [5.74, 6) is -0.671. The molecule has 3 N–H and O–H groups in total. The van der Waals surface area contributed by atoms with Gasteiger partial charge in [-0.15, -0.1) is 0 Å². The first-order valence-corrected chi connectivity index (χ1v) is 10.5. The van der Waals surface area contributed by atoms with Gasteiger partial charge in [0.25, 0.3) is 11.8 Å². The van der Waals surface area contributed by atoms with E-state index in [1.807, 2.05) is 24.3 Å². The quantitative estimate of drug-likeness (QED) is 0.465. The average molecular weight is 453 g/mol. The van der Waals surface area contributed by atoms with Crippen LogP contribution < -0.4 is 15.4 Å². The number of carbonyl (C=O) groups is 3. The van der Waals surface area contributed by atoms with E-state index in [4.69, 9.17) is 9.47 Å². The van der Waals surface area contributed by atoms with Crippen LogP contribution in [0.1, 0.15) is 15.9 Å². The minimum Gasteiger partial charge on any atom is -0.496 e. The van der Waals surface area contributed by atoms with E-state index in [0.717, 1.165) is 11.3 Å². The lowest BCUT2D eigenvalue weighted by Crippen LogP contribution is -2.31. The molecule has 1 aliphatic rings. The average Bonchev–Trinajstić information content (AvgIpc) is 3.14. The van der Waals surface area contributed by atoms with Crippen molar-refractivity contribution >= 4 is 23.5 Å². The lowest BCUT2D eigenvalue weighted by molar-refractivity contribution is -0.136. The summed E-state index contributed by atoms with van der Waals surface area (Å²) in [5, 5.41) is 15.0. The number of nitrogens with one attached hydrogen (secondary N) is 2. The summed E-state index contributed by atoms with van der Waals surface area (Å²) in [4.78, 5) is 39.2. The zero-order chi connectivity index (χ0) is 23.8. The first-order chi connectivity index (χ1) is 16.0. The van der Waals surface area contributed by atoms with Crippen LogP contribution in [0.2, 0.25) is 0 Å². The molecule has 0 spiro atoms. The van der Waals surface area contributed by atoms with Crippen LogP contribution in [0.25, 0.3) is 0 Å². The van der Waals surface area contributed by atoms with Gasteiger partial charge in [-0.2, -0.15) is 0 Å². The minimum atomic E-state index is -0.648. The van der Waals surface area contributed by atoms with Crippen LogP contribution in [0, 0.1) is 0 Å². The second-order valence-corrected chi connectivity index (χ2v) is 7.28. The van der Waals surface area contributed by atoms with Gasteiger partial charge >= 0.3 is 5.97 Å². The molecule has 2 aromatic carbocycles. The highest BCUT2D eigenvalue weighted by atomic mass is 16.5. The SMILES string of the molecule is COC(=O)C1=C(Nc2ccccc2C(=O)NCCc2ccccc2OC)C(=O)N(CCO)C1. The third-order valence-electron chi connectivity index (χ3n) is 5.26. The van der Waals surface area contributed by atoms with Crippen molar-refractivity contribution in [1.82, 2.24) is 10.2 Å². The predicted molar refractivity (Wildman–Crippen MR) is 122 cm³/mol. The van der Waals surface area contributed by atoms with Crippen LogP contribution in [-0.4, -0.2) is 68.3 Å². The Morgan fingerprint density at radius 3 is 2.55 bits per heavy atom. The van der Waals surface area contributed by atoms with Crippen molar-refractivity contribution in [3.05, 3.63) is 70.9 Å². The second-order valence-electron chi connectivity index (χ2n) is 7.28. The third-order valence-corrected chi connectivity index (χ3v) is 5.26. The Bertz CT molecular complexity index is 1070. The Morgan fingerprint density at radius 2 is 1.82 bits per heavy atom. The number of benzene rings is 2. The molecule has 0 bridgehead atoms. The third kappa shape index (κ3) is 5.50. The van der Waals surface area contributed by atoms with Gasteiger partial charge in [-0.05, 0) is 30.2 Å². The molecule has 9 nitrogen and oxygen atoms in total. The minimum absolute atomic E-state index is 0.0155. The molecule has 33 heavy (non-hydrogen) atoms. The summed E-state index contributed by atoms with van der Waals surface area (Å²) in [6.45, 7) is 0.239. The van der Waals surface area contributed by atoms with Gasteiger partial charge in [0.15, 0.2) is 0 Å². The molecule has 0 saturated heterocycles. The lowest BCUT2D eigenvalue weighted by Gasteiger charge is -2.16. The summed E-state index contributed by atoms with van der Waals surface area (Å²) in [5.41, 5.74) is 1.84. The van der Waals surface area contributed by atoms with E-state index in [0.29, 0.717) is 24.2 Å². The van der Waals surface area contributed by atoms with Crippen molar-refractivity contribution in [3.63, 3.8) is 0 Å². The lowest BCUT2D eigenvalue weighted by atomic mass is 10.1. The molecule has 0 atom stereocenters. The predicted octanol–water partition coefficient (Wildman–Crippen LogP) is 1.34. The van der Waals surface area contributed by atoms with Gasteiger partial charge < -0.3 is 30.1 Å². The number of hydrogen-bond donors (Lipinski definition) is 3. The number of aliphatic hydroxyl groups excluding tert-OH is 1. The number of hydrogen-bond acceptors (Lipinski definition) is 7. The van der Waals surface area contributed by atoms with Crippen molar-refractivity contribution in [1.29, 1.82) is 0 Å². The fourth-order valence-corrected chi connectivity index (χ4v) is 3.59.